The monoisotopic (exact) mass is 210 g/mol. The number of nitrogens with zero attached hydrogens (tertiary/aromatic N) is 3. The van der Waals surface area contributed by atoms with Crippen LogP contribution < -0.4 is 5.73 Å². The van der Waals surface area contributed by atoms with Gasteiger partial charge in [-0.05, 0) is 20.9 Å². The number of primary amides is 1. The Morgan fingerprint density at radius 3 is 2.53 bits per heavy atom. The SMILES string of the molecule is Cc1nn(C)c(C)c1CN(C)CC(N)=O. The van der Waals surface area contributed by atoms with Gasteiger partial charge in [-0.2, -0.15) is 5.10 Å². The summed E-state index contributed by atoms with van der Waals surface area (Å²) in [6, 6.07) is 0. The van der Waals surface area contributed by atoms with Crippen LogP contribution in [-0.2, 0) is 18.4 Å². The van der Waals surface area contributed by atoms with Crippen LogP contribution in [0.15, 0.2) is 0 Å². The van der Waals surface area contributed by atoms with E-state index in [9.17, 15) is 4.79 Å². The molecule has 1 aromatic rings. The van der Waals surface area contributed by atoms with Crippen LogP contribution in [0.2, 0.25) is 0 Å². The molecule has 1 amide bonds. The van der Waals surface area contributed by atoms with E-state index in [1.165, 1.54) is 5.56 Å². The average molecular weight is 210 g/mol. The number of nitrogens with two attached hydrogens (primary N) is 1. The van der Waals surface area contributed by atoms with Gasteiger partial charge in [-0.1, -0.05) is 0 Å². The third kappa shape index (κ3) is 2.79. The lowest BCUT2D eigenvalue weighted by Crippen LogP contribution is -2.30. The lowest BCUT2D eigenvalue weighted by Gasteiger charge is -2.14. The van der Waals surface area contributed by atoms with Crippen LogP contribution >= 0.6 is 0 Å². The van der Waals surface area contributed by atoms with Crippen molar-refractivity contribution >= 4 is 5.91 Å². The van der Waals surface area contributed by atoms with E-state index >= 15 is 0 Å². The maximum atomic E-state index is 10.7. The second-order valence-corrected chi connectivity index (χ2v) is 3.91. The standard InChI is InChI=1S/C10H18N4O/c1-7-9(8(2)14(4)12-7)5-13(3)6-10(11)15/h5-6H2,1-4H3,(H2,11,15). The summed E-state index contributed by atoms with van der Waals surface area (Å²) >= 11 is 0. The normalized spacial score (nSPS) is 11.0. The number of aryl methyl sites for hydroxylation is 2. The highest BCUT2D eigenvalue weighted by atomic mass is 16.1. The molecule has 0 bridgehead atoms. The van der Waals surface area contributed by atoms with Gasteiger partial charge in [-0.15, -0.1) is 0 Å². The minimum absolute atomic E-state index is 0.272. The van der Waals surface area contributed by atoms with Crippen molar-refractivity contribution in [2.45, 2.75) is 20.4 Å². The zero-order valence-electron chi connectivity index (χ0n) is 9.74. The fraction of sp³-hybridized carbons (Fsp3) is 0.600. The van der Waals surface area contributed by atoms with Gasteiger partial charge < -0.3 is 5.73 Å². The Balaban J connectivity index is 2.76. The summed E-state index contributed by atoms with van der Waals surface area (Å²) in [6.45, 7) is 4.97. The van der Waals surface area contributed by atoms with E-state index in [2.05, 4.69) is 5.10 Å². The van der Waals surface area contributed by atoms with Crippen molar-refractivity contribution in [2.24, 2.45) is 12.8 Å². The highest BCUT2D eigenvalue weighted by Gasteiger charge is 2.12. The van der Waals surface area contributed by atoms with Crippen LogP contribution in [0.4, 0.5) is 0 Å². The first kappa shape index (κ1) is 11.7. The predicted molar refractivity (Wildman–Crippen MR) is 58.2 cm³/mol. The number of rotatable bonds is 4. The molecule has 0 aromatic carbocycles. The van der Waals surface area contributed by atoms with Gasteiger partial charge >= 0.3 is 0 Å². The summed E-state index contributed by atoms with van der Waals surface area (Å²) in [6.07, 6.45) is 0. The van der Waals surface area contributed by atoms with Gasteiger partial charge in [-0.3, -0.25) is 14.4 Å². The molecular weight excluding hydrogens is 192 g/mol. The molecule has 0 spiro atoms. The second-order valence-electron chi connectivity index (χ2n) is 3.91. The molecule has 2 N–H and O–H groups in total. The molecule has 0 saturated carbocycles. The zero-order chi connectivity index (χ0) is 11.6. The molecule has 0 aliphatic rings. The van der Waals surface area contributed by atoms with Gasteiger partial charge in [0.1, 0.15) is 0 Å². The number of carbonyl (C=O) groups is 1. The number of hydrogen-bond donors (Lipinski definition) is 1. The van der Waals surface area contributed by atoms with Gasteiger partial charge in [-0.25, -0.2) is 0 Å². The first-order chi connectivity index (χ1) is 6.91. The van der Waals surface area contributed by atoms with Crippen LogP contribution in [-0.4, -0.2) is 34.2 Å². The van der Waals surface area contributed by atoms with Crippen molar-refractivity contribution in [3.05, 3.63) is 17.0 Å². The van der Waals surface area contributed by atoms with E-state index in [1.54, 1.807) is 0 Å². The van der Waals surface area contributed by atoms with E-state index in [-0.39, 0.29) is 12.5 Å². The first-order valence-corrected chi connectivity index (χ1v) is 4.87. The van der Waals surface area contributed by atoms with Crippen molar-refractivity contribution in [3.63, 3.8) is 0 Å². The molecule has 0 saturated heterocycles. The fourth-order valence-electron chi connectivity index (χ4n) is 1.64. The molecule has 1 rings (SSSR count). The molecule has 15 heavy (non-hydrogen) atoms. The van der Waals surface area contributed by atoms with Crippen LogP contribution in [0.5, 0.6) is 0 Å². The van der Waals surface area contributed by atoms with Gasteiger partial charge in [0.25, 0.3) is 0 Å². The van der Waals surface area contributed by atoms with Gasteiger partial charge in [0, 0.05) is 24.8 Å². The number of amides is 1. The molecular formula is C10H18N4O. The van der Waals surface area contributed by atoms with Crippen molar-refractivity contribution in [1.29, 1.82) is 0 Å². The molecule has 0 radical (unpaired) electrons. The molecule has 5 heteroatoms. The molecule has 0 unspecified atom stereocenters. The number of hydrogen-bond acceptors (Lipinski definition) is 3. The number of carbonyl (C=O) groups excluding carboxylic acids is 1. The lowest BCUT2D eigenvalue weighted by molar-refractivity contribution is -0.118. The van der Waals surface area contributed by atoms with Gasteiger partial charge in [0.15, 0.2) is 0 Å². The van der Waals surface area contributed by atoms with E-state index in [1.807, 2.05) is 37.5 Å². The second kappa shape index (κ2) is 4.44. The lowest BCUT2D eigenvalue weighted by atomic mass is 10.2. The summed E-state index contributed by atoms with van der Waals surface area (Å²) < 4.78 is 1.85. The fourth-order valence-corrected chi connectivity index (χ4v) is 1.64. The van der Waals surface area contributed by atoms with Crippen LogP contribution in [0.1, 0.15) is 17.0 Å². The first-order valence-electron chi connectivity index (χ1n) is 4.87. The topological polar surface area (TPSA) is 64.2 Å². The molecule has 0 fully saturated rings. The Morgan fingerprint density at radius 1 is 1.53 bits per heavy atom. The minimum atomic E-state index is -0.309. The minimum Gasteiger partial charge on any atom is -0.369 e. The van der Waals surface area contributed by atoms with E-state index in [4.69, 9.17) is 5.73 Å². The van der Waals surface area contributed by atoms with E-state index < -0.39 is 0 Å². The largest absolute Gasteiger partial charge is 0.369 e. The molecule has 0 atom stereocenters. The van der Waals surface area contributed by atoms with Crippen molar-refractivity contribution in [3.8, 4) is 0 Å². The van der Waals surface area contributed by atoms with Crippen molar-refractivity contribution in [1.82, 2.24) is 14.7 Å². The maximum absolute atomic E-state index is 10.7. The van der Waals surface area contributed by atoms with Crippen LogP contribution in [0.3, 0.4) is 0 Å². The Kier molecular flexibility index (Phi) is 3.47. The van der Waals surface area contributed by atoms with Gasteiger partial charge in [0.05, 0.1) is 12.2 Å². The highest BCUT2D eigenvalue weighted by molar-refractivity contribution is 5.75. The average Bonchev–Trinajstić information content (AvgIpc) is 2.31. The van der Waals surface area contributed by atoms with Crippen LogP contribution in [0.25, 0.3) is 0 Å². The molecule has 5 nitrogen and oxygen atoms in total. The summed E-state index contributed by atoms with van der Waals surface area (Å²) in [7, 11) is 3.79. The van der Waals surface area contributed by atoms with Crippen molar-refractivity contribution in [2.75, 3.05) is 13.6 Å². The van der Waals surface area contributed by atoms with Crippen LogP contribution in [0, 0.1) is 13.8 Å². The summed E-state index contributed by atoms with van der Waals surface area (Å²) in [5.74, 6) is -0.309. The molecule has 1 aromatic heterocycles. The summed E-state index contributed by atoms with van der Waals surface area (Å²) in [4.78, 5) is 12.6. The number of likely N-dealkylation sites (N-methyl/N-ethyl adjacent to an activating group) is 1. The van der Waals surface area contributed by atoms with E-state index in [0.29, 0.717) is 6.54 Å². The number of aromatic nitrogens is 2. The smallest absolute Gasteiger partial charge is 0.231 e. The summed E-state index contributed by atoms with van der Waals surface area (Å²) in [5.41, 5.74) is 8.43. The van der Waals surface area contributed by atoms with E-state index in [0.717, 1.165) is 11.4 Å². The third-order valence-corrected chi connectivity index (χ3v) is 2.51. The molecule has 0 aliphatic heterocycles. The zero-order valence-corrected chi connectivity index (χ0v) is 9.74. The Morgan fingerprint density at radius 2 is 2.13 bits per heavy atom. The van der Waals surface area contributed by atoms with Crippen molar-refractivity contribution < 1.29 is 4.79 Å². The Bertz CT molecular complexity index is 370. The Hall–Kier alpha value is -1.36. The molecule has 0 aliphatic carbocycles. The third-order valence-electron chi connectivity index (χ3n) is 2.51. The predicted octanol–water partition coefficient (Wildman–Crippen LogP) is -0.0460. The summed E-state index contributed by atoms with van der Waals surface area (Å²) in [5, 5.41) is 4.32. The Labute approximate surface area is 89.9 Å². The maximum Gasteiger partial charge on any atom is 0.231 e. The molecule has 84 valence electrons. The quantitative estimate of drug-likeness (QED) is 0.758. The highest BCUT2D eigenvalue weighted by Crippen LogP contribution is 2.13. The molecule has 1 heterocycles. The van der Waals surface area contributed by atoms with Gasteiger partial charge in [0.2, 0.25) is 5.91 Å².